The Balaban J connectivity index is 1.78. The van der Waals surface area contributed by atoms with Crippen molar-refractivity contribution < 1.29 is 9.53 Å². The summed E-state index contributed by atoms with van der Waals surface area (Å²) in [6.45, 7) is 4.38. The first-order valence-corrected chi connectivity index (χ1v) is 10.6. The van der Waals surface area contributed by atoms with Crippen molar-refractivity contribution in [3.63, 3.8) is 0 Å². The molecular weight excluding hydrogens is 372 g/mol. The Bertz CT molecular complexity index is 977. The average molecular weight is 397 g/mol. The summed E-state index contributed by atoms with van der Waals surface area (Å²) < 4.78 is 7.42. The van der Waals surface area contributed by atoms with Crippen LogP contribution in [0.2, 0.25) is 0 Å². The summed E-state index contributed by atoms with van der Waals surface area (Å²) in [4.78, 5) is 17.1. The predicted octanol–water partition coefficient (Wildman–Crippen LogP) is 4.19. The second-order valence-corrected chi connectivity index (χ2v) is 7.81. The largest absolute Gasteiger partial charge is 0.482 e. The summed E-state index contributed by atoms with van der Waals surface area (Å²) >= 11 is 1.57. The summed E-state index contributed by atoms with van der Waals surface area (Å²) in [6, 6.07) is 5.83. The van der Waals surface area contributed by atoms with Crippen LogP contribution in [0.3, 0.4) is 0 Å². The smallest absolute Gasteiger partial charge is 0.262 e. The molecule has 28 heavy (non-hydrogen) atoms. The third-order valence-corrected chi connectivity index (χ3v) is 5.73. The van der Waals surface area contributed by atoms with E-state index in [9.17, 15) is 4.79 Å². The van der Waals surface area contributed by atoms with Crippen LogP contribution in [0.5, 0.6) is 5.75 Å². The first-order valence-electron chi connectivity index (χ1n) is 9.70. The van der Waals surface area contributed by atoms with Crippen molar-refractivity contribution >= 4 is 28.6 Å². The molecule has 7 heteroatoms. The van der Waals surface area contributed by atoms with Gasteiger partial charge in [0.25, 0.3) is 5.91 Å². The Morgan fingerprint density at radius 2 is 2.07 bits per heavy atom. The molecule has 0 atom stereocenters. The van der Waals surface area contributed by atoms with E-state index in [-0.39, 0.29) is 12.5 Å². The van der Waals surface area contributed by atoms with E-state index in [1.54, 1.807) is 17.4 Å². The highest BCUT2D eigenvalue weighted by molar-refractivity contribution is 7.07. The van der Waals surface area contributed by atoms with Crippen molar-refractivity contribution in [3.8, 4) is 17.0 Å². The van der Waals surface area contributed by atoms with E-state index in [2.05, 4.69) is 22.3 Å². The van der Waals surface area contributed by atoms with Crippen LogP contribution in [0, 0.1) is 0 Å². The van der Waals surface area contributed by atoms with Crippen LogP contribution in [0.25, 0.3) is 11.3 Å². The highest BCUT2D eigenvalue weighted by atomic mass is 32.1. The minimum absolute atomic E-state index is 0.0586. The summed E-state index contributed by atoms with van der Waals surface area (Å²) in [5.74, 6) is 0.556. The number of benzene rings is 1. The van der Waals surface area contributed by atoms with Gasteiger partial charge in [-0.3, -0.25) is 9.79 Å². The lowest BCUT2D eigenvalue weighted by molar-refractivity contribution is -0.118. The summed E-state index contributed by atoms with van der Waals surface area (Å²) in [5, 5.41) is 9.93. The Labute approximate surface area is 168 Å². The fraction of sp³-hybridized carbons (Fsp3) is 0.381. The third-order valence-electron chi connectivity index (χ3n) is 4.87. The molecule has 1 aliphatic carbocycles. The highest BCUT2D eigenvalue weighted by Crippen LogP contribution is 2.33. The quantitative estimate of drug-likeness (QED) is 0.622. The van der Waals surface area contributed by atoms with Gasteiger partial charge in [-0.15, -0.1) is 17.9 Å². The maximum absolute atomic E-state index is 11.7. The van der Waals surface area contributed by atoms with Crippen LogP contribution in [0.4, 0.5) is 5.69 Å². The first kappa shape index (κ1) is 18.7. The molecule has 0 bridgehead atoms. The molecule has 1 saturated carbocycles. The van der Waals surface area contributed by atoms with Gasteiger partial charge in [-0.05, 0) is 43.9 Å². The Morgan fingerprint density at radius 3 is 2.86 bits per heavy atom. The lowest BCUT2D eigenvalue weighted by Crippen LogP contribution is -2.25. The van der Waals surface area contributed by atoms with Gasteiger partial charge in [0.1, 0.15) is 5.75 Å². The molecule has 1 aliphatic heterocycles. The number of anilines is 1. The van der Waals surface area contributed by atoms with Gasteiger partial charge in [-0.1, -0.05) is 18.9 Å². The molecule has 1 N–H and O–H groups in total. The highest BCUT2D eigenvalue weighted by Gasteiger charge is 2.18. The molecule has 0 spiro atoms. The van der Waals surface area contributed by atoms with E-state index in [0.29, 0.717) is 18.0 Å². The second kappa shape index (κ2) is 8.56. The molecule has 146 valence electrons. The van der Waals surface area contributed by atoms with Crippen molar-refractivity contribution in [2.24, 2.45) is 10.1 Å². The van der Waals surface area contributed by atoms with Gasteiger partial charge in [0.2, 0.25) is 4.80 Å². The molecule has 2 aromatic rings. The van der Waals surface area contributed by atoms with Crippen LogP contribution < -0.4 is 14.9 Å². The average Bonchev–Trinajstić information content (AvgIpc) is 2.91. The maximum Gasteiger partial charge on any atom is 0.262 e. The molecule has 2 aliphatic rings. The molecule has 0 saturated heterocycles. The minimum atomic E-state index is -0.136. The first-order chi connectivity index (χ1) is 13.7. The van der Waals surface area contributed by atoms with Crippen molar-refractivity contribution in [3.05, 3.63) is 41.0 Å². The molecule has 1 amide bonds. The summed E-state index contributed by atoms with van der Waals surface area (Å²) in [5.41, 5.74) is 3.86. The number of thiazole rings is 1. The van der Waals surface area contributed by atoms with Crippen molar-refractivity contribution in [1.29, 1.82) is 0 Å². The van der Waals surface area contributed by atoms with Crippen molar-refractivity contribution in [1.82, 2.24) is 4.68 Å². The van der Waals surface area contributed by atoms with E-state index >= 15 is 0 Å². The topological polar surface area (TPSA) is 68.0 Å². The van der Waals surface area contributed by atoms with Crippen LogP contribution in [0.1, 0.15) is 38.5 Å². The standard InChI is InChI=1S/C21H24N4O2S/c1-2-11-22-21-25(24-16-7-5-3-4-6-8-16)18(14-28-21)15-9-10-19-17(12-15)23-20(26)13-27-19/h2,9-10,12,14H,1,3-8,11,13H2,(H,23,26). The van der Waals surface area contributed by atoms with Gasteiger partial charge in [0.15, 0.2) is 6.61 Å². The maximum atomic E-state index is 11.7. The zero-order valence-electron chi connectivity index (χ0n) is 15.8. The van der Waals surface area contributed by atoms with E-state index in [0.717, 1.165) is 28.9 Å². The number of amides is 1. The number of hydrogen-bond donors (Lipinski definition) is 1. The Hall–Kier alpha value is -2.67. The van der Waals surface area contributed by atoms with E-state index < -0.39 is 0 Å². The number of aromatic nitrogens is 1. The van der Waals surface area contributed by atoms with Gasteiger partial charge in [-0.25, -0.2) is 4.68 Å². The molecule has 1 aromatic heterocycles. The van der Waals surface area contributed by atoms with Gasteiger partial charge >= 0.3 is 0 Å². The number of carbonyl (C=O) groups excluding carboxylic acids is 1. The van der Waals surface area contributed by atoms with Gasteiger partial charge in [0, 0.05) is 16.7 Å². The molecule has 6 nitrogen and oxygen atoms in total. The number of nitrogens with zero attached hydrogens (tertiary/aromatic N) is 3. The third kappa shape index (κ3) is 4.09. The number of nitrogens with one attached hydrogen (secondary N) is 1. The normalized spacial score (nSPS) is 17.4. The van der Waals surface area contributed by atoms with Crippen LogP contribution in [-0.4, -0.2) is 29.4 Å². The molecule has 1 aromatic carbocycles. The molecule has 2 heterocycles. The molecular formula is C21H24N4O2S. The lowest BCUT2D eigenvalue weighted by Gasteiger charge is -2.18. The summed E-state index contributed by atoms with van der Waals surface area (Å²) in [7, 11) is 0. The Morgan fingerprint density at radius 1 is 1.25 bits per heavy atom. The second-order valence-electron chi connectivity index (χ2n) is 6.97. The number of carbonyl (C=O) groups is 1. The van der Waals surface area contributed by atoms with E-state index in [4.69, 9.17) is 9.84 Å². The predicted molar refractivity (Wildman–Crippen MR) is 113 cm³/mol. The zero-order chi connectivity index (χ0) is 19.3. The number of ether oxygens (including phenoxy) is 1. The molecule has 1 fully saturated rings. The molecule has 4 rings (SSSR count). The van der Waals surface area contributed by atoms with Crippen LogP contribution in [0.15, 0.2) is 46.3 Å². The minimum Gasteiger partial charge on any atom is -0.482 e. The number of hydrogen-bond acceptors (Lipinski definition) is 5. The van der Waals surface area contributed by atoms with Crippen LogP contribution in [-0.2, 0) is 4.79 Å². The van der Waals surface area contributed by atoms with Gasteiger partial charge < -0.3 is 10.1 Å². The lowest BCUT2D eigenvalue weighted by atomic mass is 10.1. The fourth-order valence-electron chi connectivity index (χ4n) is 3.47. The Kier molecular flexibility index (Phi) is 5.71. The monoisotopic (exact) mass is 396 g/mol. The zero-order valence-corrected chi connectivity index (χ0v) is 16.6. The van der Waals surface area contributed by atoms with E-state index in [1.165, 1.54) is 31.4 Å². The van der Waals surface area contributed by atoms with Gasteiger partial charge in [-0.2, -0.15) is 5.10 Å². The fourth-order valence-corrected chi connectivity index (χ4v) is 4.31. The summed E-state index contributed by atoms with van der Waals surface area (Å²) in [6.07, 6.45) is 8.81. The number of rotatable bonds is 4. The van der Waals surface area contributed by atoms with Gasteiger partial charge in [0.05, 0.1) is 17.9 Å². The molecule has 0 unspecified atom stereocenters. The van der Waals surface area contributed by atoms with E-state index in [1.807, 2.05) is 22.9 Å². The SMILES string of the molecule is C=CCN=c1scc(-c2ccc3c(c2)NC(=O)CO3)n1N=C1CCCCCC1. The number of fused-ring (bicyclic) bond motifs is 1. The van der Waals surface area contributed by atoms with Crippen molar-refractivity contribution in [2.45, 2.75) is 38.5 Å². The molecule has 0 radical (unpaired) electrons. The van der Waals surface area contributed by atoms with Crippen molar-refractivity contribution in [2.75, 3.05) is 18.5 Å². The van der Waals surface area contributed by atoms with Crippen LogP contribution >= 0.6 is 11.3 Å².